The molecule has 142 valence electrons. The Morgan fingerprint density at radius 1 is 0.963 bits per heavy atom. The lowest BCUT2D eigenvalue weighted by molar-refractivity contribution is -0.137. The van der Waals surface area contributed by atoms with Crippen LogP contribution in [0.15, 0.2) is 42.5 Å². The Labute approximate surface area is 154 Å². The van der Waals surface area contributed by atoms with E-state index in [0.717, 1.165) is 29.7 Å². The van der Waals surface area contributed by atoms with Gasteiger partial charge in [-0.2, -0.15) is 13.2 Å². The number of halogens is 3. The molecule has 1 aliphatic rings. The van der Waals surface area contributed by atoms with E-state index in [9.17, 15) is 22.8 Å². The summed E-state index contributed by atoms with van der Waals surface area (Å²) in [7, 11) is 0. The van der Waals surface area contributed by atoms with Gasteiger partial charge in [0.2, 0.25) is 5.91 Å². The second-order valence-electron chi connectivity index (χ2n) is 6.33. The van der Waals surface area contributed by atoms with Crippen molar-refractivity contribution >= 4 is 23.3 Å². The standard InChI is InChI=1S/C19H18F3N3O2/c1-12(26)25-9-8-13-2-5-17(10-14(13)11-25)24-18(27)23-16-6-3-15(4-7-16)19(20,21)22/h2-7,10H,8-9,11H2,1H3,(H2,23,24,27). The Morgan fingerprint density at radius 3 is 2.22 bits per heavy atom. The summed E-state index contributed by atoms with van der Waals surface area (Å²) in [4.78, 5) is 25.4. The number of hydrogen-bond acceptors (Lipinski definition) is 2. The number of nitrogens with one attached hydrogen (secondary N) is 2. The van der Waals surface area contributed by atoms with Gasteiger partial charge in [0, 0.05) is 31.4 Å². The van der Waals surface area contributed by atoms with Crippen molar-refractivity contribution in [1.82, 2.24) is 4.90 Å². The number of benzene rings is 2. The third-order valence-electron chi connectivity index (χ3n) is 4.39. The highest BCUT2D eigenvalue weighted by atomic mass is 19.4. The SMILES string of the molecule is CC(=O)N1CCc2ccc(NC(=O)Nc3ccc(C(F)(F)F)cc3)cc2C1. The number of carbonyl (C=O) groups is 2. The van der Waals surface area contributed by atoms with Gasteiger partial charge in [0.05, 0.1) is 5.56 Å². The molecule has 0 bridgehead atoms. The summed E-state index contributed by atoms with van der Waals surface area (Å²) in [5.74, 6) is -0.000871. The zero-order chi connectivity index (χ0) is 19.6. The highest BCUT2D eigenvalue weighted by Gasteiger charge is 2.30. The van der Waals surface area contributed by atoms with Crippen LogP contribution < -0.4 is 10.6 Å². The van der Waals surface area contributed by atoms with Crippen molar-refractivity contribution in [1.29, 1.82) is 0 Å². The molecule has 0 atom stereocenters. The summed E-state index contributed by atoms with van der Waals surface area (Å²) >= 11 is 0. The molecule has 1 heterocycles. The Morgan fingerprint density at radius 2 is 1.59 bits per heavy atom. The smallest absolute Gasteiger partial charge is 0.338 e. The number of alkyl halides is 3. The van der Waals surface area contributed by atoms with Gasteiger partial charge in [0.15, 0.2) is 0 Å². The number of hydrogen-bond donors (Lipinski definition) is 2. The average Bonchev–Trinajstić information content (AvgIpc) is 2.60. The van der Waals surface area contributed by atoms with Gasteiger partial charge in [-0.3, -0.25) is 4.79 Å². The van der Waals surface area contributed by atoms with Crippen LogP contribution in [0, 0.1) is 0 Å². The van der Waals surface area contributed by atoms with Crippen LogP contribution in [0.3, 0.4) is 0 Å². The molecule has 5 nitrogen and oxygen atoms in total. The van der Waals surface area contributed by atoms with Crippen molar-refractivity contribution in [2.24, 2.45) is 0 Å². The van der Waals surface area contributed by atoms with Gasteiger partial charge in [0.25, 0.3) is 0 Å². The van der Waals surface area contributed by atoms with Crippen molar-refractivity contribution in [2.45, 2.75) is 26.1 Å². The molecule has 2 aromatic carbocycles. The van der Waals surface area contributed by atoms with E-state index in [-0.39, 0.29) is 11.6 Å². The van der Waals surface area contributed by atoms with Crippen LogP contribution in [0.4, 0.5) is 29.3 Å². The number of anilines is 2. The lowest BCUT2D eigenvalue weighted by Gasteiger charge is -2.28. The fourth-order valence-electron chi connectivity index (χ4n) is 2.94. The van der Waals surface area contributed by atoms with E-state index in [0.29, 0.717) is 18.8 Å². The maximum absolute atomic E-state index is 12.6. The molecule has 0 radical (unpaired) electrons. The first-order chi connectivity index (χ1) is 12.7. The molecule has 1 aliphatic heterocycles. The van der Waals surface area contributed by atoms with Crippen molar-refractivity contribution in [3.8, 4) is 0 Å². The molecule has 2 aromatic rings. The summed E-state index contributed by atoms with van der Waals surface area (Å²) in [6.07, 6.45) is -3.66. The molecule has 0 unspecified atom stereocenters. The molecule has 0 aliphatic carbocycles. The number of nitrogens with zero attached hydrogens (tertiary/aromatic N) is 1. The van der Waals surface area contributed by atoms with E-state index in [2.05, 4.69) is 10.6 Å². The minimum absolute atomic E-state index is 0.000871. The first kappa shape index (κ1) is 18.8. The van der Waals surface area contributed by atoms with E-state index >= 15 is 0 Å². The zero-order valence-corrected chi connectivity index (χ0v) is 14.6. The quantitative estimate of drug-likeness (QED) is 0.822. The highest BCUT2D eigenvalue weighted by molar-refractivity contribution is 5.99. The third-order valence-corrected chi connectivity index (χ3v) is 4.39. The van der Waals surface area contributed by atoms with Crippen LogP contribution in [0.2, 0.25) is 0 Å². The molecule has 3 rings (SSSR count). The molecule has 0 saturated carbocycles. The van der Waals surface area contributed by atoms with Crippen LogP contribution >= 0.6 is 0 Å². The van der Waals surface area contributed by atoms with Gasteiger partial charge < -0.3 is 15.5 Å². The molecule has 0 spiro atoms. The monoisotopic (exact) mass is 377 g/mol. The Hall–Kier alpha value is -3.03. The van der Waals surface area contributed by atoms with Crippen molar-refractivity contribution < 1.29 is 22.8 Å². The summed E-state index contributed by atoms with van der Waals surface area (Å²) in [6, 6.07) is 9.11. The molecule has 3 amide bonds. The second-order valence-corrected chi connectivity index (χ2v) is 6.33. The number of amides is 3. The normalized spacial score (nSPS) is 13.7. The van der Waals surface area contributed by atoms with E-state index in [1.54, 1.807) is 17.0 Å². The maximum Gasteiger partial charge on any atom is 0.416 e. The number of rotatable bonds is 2. The summed E-state index contributed by atoms with van der Waals surface area (Å²) in [5.41, 5.74) is 2.10. The van der Waals surface area contributed by atoms with Crippen molar-refractivity contribution in [2.75, 3.05) is 17.2 Å². The lowest BCUT2D eigenvalue weighted by Crippen LogP contribution is -2.34. The Kier molecular flexibility index (Phi) is 5.07. The minimum Gasteiger partial charge on any atom is -0.338 e. The minimum atomic E-state index is -4.42. The fraction of sp³-hybridized carbons (Fsp3) is 0.263. The second kappa shape index (κ2) is 7.30. The Bertz CT molecular complexity index is 863. The van der Waals surface area contributed by atoms with E-state index < -0.39 is 17.8 Å². The van der Waals surface area contributed by atoms with Crippen molar-refractivity contribution in [3.05, 3.63) is 59.2 Å². The summed E-state index contributed by atoms with van der Waals surface area (Å²) < 4.78 is 37.7. The van der Waals surface area contributed by atoms with E-state index in [1.165, 1.54) is 19.1 Å². The van der Waals surface area contributed by atoms with Crippen LogP contribution in [-0.2, 0) is 23.9 Å². The first-order valence-corrected chi connectivity index (χ1v) is 8.35. The van der Waals surface area contributed by atoms with Crippen LogP contribution in [0.25, 0.3) is 0 Å². The van der Waals surface area contributed by atoms with Crippen LogP contribution in [0.5, 0.6) is 0 Å². The predicted octanol–water partition coefficient (Wildman–Crippen LogP) is 4.25. The van der Waals surface area contributed by atoms with Gasteiger partial charge in [-0.05, 0) is 53.9 Å². The predicted molar refractivity (Wildman–Crippen MR) is 95.3 cm³/mol. The molecule has 27 heavy (non-hydrogen) atoms. The molecular formula is C19H18F3N3O2. The largest absolute Gasteiger partial charge is 0.416 e. The van der Waals surface area contributed by atoms with Crippen LogP contribution in [-0.4, -0.2) is 23.4 Å². The summed E-state index contributed by atoms with van der Waals surface area (Å²) in [5, 5.41) is 5.15. The zero-order valence-electron chi connectivity index (χ0n) is 14.6. The average molecular weight is 377 g/mol. The lowest BCUT2D eigenvalue weighted by atomic mass is 9.99. The molecule has 2 N–H and O–H groups in total. The van der Waals surface area contributed by atoms with Crippen molar-refractivity contribution in [3.63, 3.8) is 0 Å². The molecule has 8 heteroatoms. The van der Waals surface area contributed by atoms with E-state index in [1.807, 2.05) is 6.07 Å². The number of urea groups is 1. The first-order valence-electron chi connectivity index (χ1n) is 8.35. The molecule has 0 saturated heterocycles. The fourth-order valence-corrected chi connectivity index (χ4v) is 2.94. The molecule has 0 aromatic heterocycles. The third kappa shape index (κ3) is 4.58. The highest BCUT2D eigenvalue weighted by Crippen LogP contribution is 2.30. The van der Waals surface area contributed by atoms with Gasteiger partial charge >= 0.3 is 12.2 Å². The van der Waals surface area contributed by atoms with Crippen LogP contribution in [0.1, 0.15) is 23.6 Å². The Balaban J connectivity index is 1.65. The summed E-state index contributed by atoms with van der Waals surface area (Å²) in [6.45, 7) is 2.68. The molecule has 0 fully saturated rings. The van der Waals surface area contributed by atoms with Gasteiger partial charge in [0.1, 0.15) is 0 Å². The van der Waals surface area contributed by atoms with E-state index in [4.69, 9.17) is 0 Å². The van der Waals surface area contributed by atoms with Gasteiger partial charge in [-0.15, -0.1) is 0 Å². The topological polar surface area (TPSA) is 61.4 Å². The molecular weight excluding hydrogens is 359 g/mol. The number of carbonyl (C=O) groups excluding carboxylic acids is 2. The van der Waals surface area contributed by atoms with Gasteiger partial charge in [-0.25, -0.2) is 4.79 Å². The number of fused-ring (bicyclic) bond motifs is 1. The van der Waals surface area contributed by atoms with Gasteiger partial charge in [-0.1, -0.05) is 6.07 Å². The maximum atomic E-state index is 12.6.